The molecule has 162 valence electrons. The Kier molecular flexibility index (Phi) is 4.94. The second-order valence-electron chi connectivity index (χ2n) is 7.81. The van der Waals surface area contributed by atoms with Gasteiger partial charge in [0.2, 0.25) is 0 Å². The van der Waals surface area contributed by atoms with Gasteiger partial charge in [0.15, 0.2) is 0 Å². The van der Waals surface area contributed by atoms with Gasteiger partial charge < -0.3 is 4.74 Å². The van der Waals surface area contributed by atoms with Gasteiger partial charge in [-0.25, -0.2) is 19.7 Å². The molecule has 33 heavy (non-hydrogen) atoms. The van der Waals surface area contributed by atoms with Crippen molar-refractivity contribution in [2.75, 3.05) is 4.90 Å². The average Bonchev–Trinajstić information content (AvgIpc) is 3.07. The zero-order chi connectivity index (χ0) is 23.1. The van der Waals surface area contributed by atoms with Crippen molar-refractivity contribution in [1.82, 2.24) is 9.97 Å². The van der Waals surface area contributed by atoms with Crippen LogP contribution in [-0.4, -0.2) is 27.8 Å². The lowest BCUT2D eigenvalue weighted by molar-refractivity contribution is 0.0466. The van der Waals surface area contributed by atoms with Crippen molar-refractivity contribution in [1.29, 1.82) is 0 Å². The number of hydrogen-bond acceptors (Lipinski definition) is 6. The van der Waals surface area contributed by atoms with Crippen molar-refractivity contribution in [2.45, 2.75) is 20.5 Å². The van der Waals surface area contributed by atoms with E-state index in [1.807, 2.05) is 50.2 Å². The Morgan fingerprint density at radius 1 is 0.848 bits per heavy atom. The fourth-order valence-electron chi connectivity index (χ4n) is 3.88. The quantitative estimate of drug-likeness (QED) is 0.347. The van der Waals surface area contributed by atoms with Crippen LogP contribution < -0.4 is 4.90 Å². The second kappa shape index (κ2) is 7.94. The van der Waals surface area contributed by atoms with Crippen LogP contribution in [-0.2, 0) is 11.3 Å². The van der Waals surface area contributed by atoms with Gasteiger partial charge in [0.05, 0.1) is 44.8 Å². The number of imide groups is 1. The molecule has 4 aromatic rings. The van der Waals surface area contributed by atoms with Crippen LogP contribution >= 0.6 is 0 Å². The maximum Gasteiger partial charge on any atom is 0.338 e. The van der Waals surface area contributed by atoms with Crippen molar-refractivity contribution >= 4 is 34.5 Å². The van der Waals surface area contributed by atoms with E-state index in [1.54, 1.807) is 12.1 Å². The van der Waals surface area contributed by atoms with Crippen molar-refractivity contribution < 1.29 is 19.1 Å². The molecular formula is C26H19N3O4. The van der Waals surface area contributed by atoms with Crippen LogP contribution in [0.3, 0.4) is 0 Å². The molecular weight excluding hydrogens is 418 g/mol. The summed E-state index contributed by atoms with van der Waals surface area (Å²) in [6.45, 7) is 3.59. The predicted octanol–water partition coefficient (Wildman–Crippen LogP) is 4.40. The fraction of sp³-hybridized carbons (Fsp3) is 0.115. The maximum atomic E-state index is 13.0. The highest BCUT2D eigenvalue weighted by Gasteiger charge is 2.37. The van der Waals surface area contributed by atoms with Gasteiger partial charge in [-0.2, -0.15) is 0 Å². The van der Waals surface area contributed by atoms with Gasteiger partial charge >= 0.3 is 5.97 Å². The van der Waals surface area contributed by atoms with Crippen LogP contribution in [0.5, 0.6) is 0 Å². The third-order valence-corrected chi connectivity index (χ3v) is 5.66. The lowest BCUT2D eigenvalue weighted by atomic mass is 10.1. The molecule has 0 N–H and O–H groups in total. The Morgan fingerprint density at radius 2 is 1.52 bits per heavy atom. The molecule has 0 saturated carbocycles. The Bertz CT molecular complexity index is 1460. The van der Waals surface area contributed by atoms with E-state index in [9.17, 15) is 14.4 Å². The minimum atomic E-state index is -0.609. The van der Waals surface area contributed by atoms with Gasteiger partial charge in [-0.3, -0.25) is 9.59 Å². The van der Waals surface area contributed by atoms with Gasteiger partial charge in [0, 0.05) is 0 Å². The number of aryl methyl sites for hydroxylation is 2. The summed E-state index contributed by atoms with van der Waals surface area (Å²) in [5.41, 5.74) is 4.67. The number of hydrogen-bond donors (Lipinski definition) is 0. The van der Waals surface area contributed by atoms with Crippen LogP contribution in [0.1, 0.15) is 48.0 Å². The zero-order valence-electron chi connectivity index (χ0n) is 18.0. The molecule has 0 aliphatic carbocycles. The molecule has 1 aromatic heterocycles. The monoisotopic (exact) mass is 437 g/mol. The molecule has 0 bridgehead atoms. The third kappa shape index (κ3) is 3.53. The fourth-order valence-corrected chi connectivity index (χ4v) is 3.88. The minimum Gasteiger partial charge on any atom is -0.456 e. The Balaban J connectivity index is 1.38. The lowest BCUT2D eigenvalue weighted by Gasteiger charge is -2.16. The van der Waals surface area contributed by atoms with E-state index in [0.29, 0.717) is 22.6 Å². The number of carbonyl (C=O) groups is 3. The molecule has 0 saturated heterocycles. The minimum absolute atomic E-state index is 0.0538. The average molecular weight is 437 g/mol. The molecule has 0 unspecified atom stereocenters. The highest BCUT2D eigenvalue weighted by Crippen LogP contribution is 2.31. The molecule has 0 spiro atoms. The van der Waals surface area contributed by atoms with Crippen molar-refractivity contribution in [3.8, 4) is 0 Å². The second-order valence-corrected chi connectivity index (χ2v) is 7.81. The molecule has 2 heterocycles. The summed E-state index contributed by atoms with van der Waals surface area (Å²) in [6.07, 6.45) is 0. The topological polar surface area (TPSA) is 89.5 Å². The number of fused-ring (bicyclic) bond motifs is 2. The summed E-state index contributed by atoms with van der Waals surface area (Å²) in [6, 6.07) is 19.0. The number of carbonyl (C=O) groups excluding carboxylic acids is 3. The number of benzene rings is 3. The molecule has 2 amide bonds. The highest BCUT2D eigenvalue weighted by atomic mass is 16.5. The molecule has 1 aliphatic rings. The predicted molar refractivity (Wildman–Crippen MR) is 122 cm³/mol. The number of esters is 1. The number of anilines is 1. The normalized spacial score (nSPS) is 12.8. The van der Waals surface area contributed by atoms with E-state index >= 15 is 0 Å². The summed E-state index contributed by atoms with van der Waals surface area (Å²) >= 11 is 0. The largest absolute Gasteiger partial charge is 0.456 e. The number of para-hydroxylation sites is 3. The maximum absolute atomic E-state index is 13.0. The van der Waals surface area contributed by atoms with Gasteiger partial charge in [-0.15, -0.1) is 0 Å². The molecule has 0 fully saturated rings. The summed E-state index contributed by atoms with van der Waals surface area (Å²) in [4.78, 5) is 48.8. The number of rotatable bonds is 4. The van der Waals surface area contributed by atoms with E-state index in [0.717, 1.165) is 16.0 Å². The lowest BCUT2D eigenvalue weighted by Crippen LogP contribution is -2.29. The smallest absolute Gasteiger partial charge is 0.338 e. The van der Waals surface area contributed by atoms with Crippen LogP contribution in [0.2, 0.25) is 0 Å². The van der Waals surface area contributed by atoms with Gasteiger partial charge in [-0.05, 0) is 55.8 Å². The molecule has 5 rings (SSSR count). The highest BCUT2D eigenvalue weighted by molar-refractivity contribution is 6.34. The summed E-state index contributed by atoms with van der Waals surface area (Å²) in [5.74, 6) is -1.48. The van der Waals surface area contributed by atoms with Crippen LogP contribution in [0, 0.1) is 13.8 Å². The van der Waals surface area contributed by atoms with Crippen LogP contribution in [0.25, 0.3) is 11.0 Å². The van der Waals surface area contributed by atoms with E-state index in [4.69, 9.17) is 4.74 Å². The first-order valence-corrected chi connectivity index (χ1v) is 10.4. The van der Waals surface area contributed by atoms with Crippen molar-refractivity contribution in [2.24, 2.45) is 0 Å². The van der Waals surface area contributed by atoms with Gasteiger partial charge in [0.25, 0.3) is 11.8 Å². The van der Waals surface area contributed by atoms with Crippen molar-refractivity contribution in [3.63, 3.8) is 0 Å². The summed E-state index contributed by atoms with van der Waals surface area (Å²) < 4.78 is 5.45. The standard InChI is InChI=1S/C26H19N3O4/c1-15-7-3-6-10-23(15)29-24(30)18-12-11-17(13-19(18)25(29)31)26(32)33-14-22-16(2)27-20-8-4-5-9-21(20)28-22/h3-13H,14H2,1-2H3. The van der Waals surface area contributed by atoms with E-state index in [2.05, 4.69) is 9.97 Å². The molecule has 7 heteroatoms. The van der Waals surface area contributed by atoms with Crippen LogP contribution in [0.15, 0.2) is 66.7 Å². The molecule has 7 nitrogen and oxygen atoms in total. The first-order chi connectivity index (χ1) is 15.9. The van der Waals surface area contributed by atoms with Gasteiger partial charge in [0.1, 0.15) is 6.61 Å². The van der Waals surface area contributed by atoms with E-state index in [1.165, 1.54) is 18.2 Å². The van der Waals surface area contributed by atoms with Crippen LogP contribution in [0.4, 0.5) is 5.69 Å². The molecule has 1 aliphatic heterocycles. The zero-order valence-corrected chi connectivity index (χ0v) is 18.0. The summed E-state index contributed by atoms with van der Waals surface area (Å²) in [5, 5.41) is 0. The number of nitrogens with zero attached hydrogens (tertiary/aromatic N) is 3. The SMILES string of the molecule is Cc1ccccc1N1C(=O)c2ccc(C(=O)OCc3nc4ccccc4nc3C)cc2C1=O. The first-order valence-electron chi connectivity index (χ1n) is 10.4. The Labute approximate surface area is 189 Å². The Hall–Kier alpha value is -4.39. The first kappa shape index (κ1) is 20.5. The Morgan fingerprint density at radius 3 is 2.27 bits per heavy atom. The number of amides is 2. The summed E-state index contributed by atoms with van der Waals surface area (Å²) in [7, 11) is 0. The van der Waals surface area contributed by atoms with Gasteiger partial charge in [-0.1, -0.05) is 30.3 Å². The molecule has 0 radical (unpaired) electrons. The molecule has 3 aromatic carbocycles. The number of ether oxygens (including phenoxy) is 1. The third-order valence-electron chi connectivity index (χ3n) is 5.66. The molecule has 0 atom stereocenters. The van der Waals surface area contributed by atoms with E-state index in [-0.39, 0.29) is 23.3 Å². The van der Waals surface area contributed by atoms with Crippen molar-refractivity contribution in [3.05, 3.63) is 100 Å². The number of aromatic nitrogens is 2. The van der Waals surface area contributed by atoms with E-state index < -0.39 is 17.8 Å².